The first-order chi connectivity index (χ1) is 8.01. The number of piperidine rings is 1. The summed E-state index contributed by atoms with van der Waals surface area (Å²) in [5.41, 5.74) is 0. The standard InChI is InChI=1S/C11H21NO4S/c1-9-8-12(5-2-11(9)13)17(14,15)10-3-6-16-7-4-10/h9-11,13H,2-8H2,1H3. The number of aliphatic hydroxyl groups excluding tert-OH is 1. The molecule has 2 aliphatic rings. The van der Waals surface area contributed by atoms with Gasteiger partial charge in [0.1, 0.15) is 0 Å². The quantitative estimate of drug-likeness (QED) is 0.773. The molecular formula is C11H21NO4S. The van der Waals surface area contributed by atoms with Crippen molar-refractivity contribution in [3.8, 4) is 0 Å². The smallest absolute Gasteiger partial charge is 0.217 e. The van der Waals surface area contributed by atoms with Crippen molar-refractivity contribution in [2.24, 2.45) is 5.92 Å². The Bertz CT molecular complexity index is 350. The molecule has 0 radical (unpaired) electrons. The van der Waals surface area contributed by atoms with Crippen LogP contribution >= 0.6 is 0 Å². The third kappa shape index (κ3) is 2.81. The van der Waals surface area contributed by atoms with Crippen LogP contribution in [-0.2, 0) is 14.8 Å². The summed E-state index contributed by atoms with van der Waals surface area (Å²) >= 11 is 0. The summed E-state index contributed by atoms with van der Waals surface area (Å²) in [4.78, 5) is 0. The molecule has 6 heteroatoms. The van der Waals surface area contributed by atoms with Gasteiger partial charge in [0.25, 0.3) is 0 Å². The molecule has 0 bridgehead atoms. The van der Waals surface area contributed by atoms with E-state index in [0.717, 1.165) is 0 Å². The Labute approximate surface area is 103 Å². The molecule has 0 spiro atoms. The van der Waals surface area contributed by atoms with E-state index in [1.54, 1.807) is 4.31 Å². The number of aliphatic hydroxyl groups is 1. The third-order valence-corrected chi connectivity index (χ3v) is 6.14. The molecule has 0 amide bonds. The summed E-state index contributed by atoms with van der Waals surface area (Å²) in [7, 11) is -3.20. The summed E-state index contributed by atoms with van der Waals surface area (Å²) in [6.07, 6.45) is 1.37. The first-order valence-corrected chi connectivity index (χ1v) is 7.77. The molecule has 2 heterocycles. The molecule has 0 aromatic heterocycles. The number of ether oxygens (including phenoxy) is 1. The van der Waals surface area contributed by atoms with Crippen molar-refractivity contribution >= 4 is 10.0 Å². The van der Waals surface area contributed by atoms with E-state index in [-0.39, 0.29) is 17.3 Å². The summed E-state index contributed by atoms with van der Waals surface area (Å²) in [5.74, 6) is 0.0263. The lowest BCUT2D eigenvalue weighted by Gasteiger charge is -2.36. The van der Waals surface area contributed by atoms with Crippen molar-refractivity contribution in [1.29, 1.82) is 0 Å². The average molecular weight is 263 g/mol. The summed E-state index contributed by atoms with van der Waals surface area (Å²) in [5, 5.41) is 9.34. The maximum Gasteiger partial charge on any atom is 0.217 e. The Hall–Kier alpha value is -0.170. The largest absolute Gasteiger partial charge is 0.393 e. The van der Waals surface area contributed by atoms with Gasteiger partial charge in [0.2, 0.25) is 10.0 Å². The van der Waals surface area contributed by atoms with Gasteiger partial charge >= 0.3 is 0 Å². The number of hydrogen-bond acceptors (Lipinski definition) is 4. The van der Waals surface area contributed by atoms with Crippen molar-refractivity contribution in [1.82, 2.24) is 4.31 Å². The Morgan fingerprint density at radius 1 is 1.24 bits per heavy atom. The molecule has 2 atom stereocenters. The molecule has 2 rings (SSSR count). The van der Waals surface area contributed by atoms with Gasteiger partial charge in [-0.1, -0.05) is 6.92 Å². The summed E-state index contributed by atoms with van der Waals surface area (Å²) < 4.78 is 31.5. The van der Waals surface area contributed by atoms with Gasteiger partial charge in [-0.3, -0.25) is 0 Å². The fourth-order valence-electron chi connectivity index (χ4n) is 2.51. The summed E-state index contributed by atoms with van der Waals surface area (Å²) in [6, 6.07) is 0. The molecule has 2 unspecified atom stereocenters. The lowest BCUT2D eigenvalue weighted by Crippen LogP contribution is -2.49. The highest BCUT2D eigenvalue weighted by Gasteiger charge is 2.37. The number of rotatable bonds is 2. The first kappa shape index (κ1) is 13.3. The Kier molecular flexibility index (Phi) is 4.07. The van der Waals surface area contributed by atoms with E-state index in [2.05, 4.69) is 0 Å². The molecule has 1 N–H and O–H groups in total. The fraction of sp³-hybridized carbons (Fsp3) is 1.00. The number of sulfonamides is 1. The average Bonchev–Trinajstić information content (AvgIpc) is 2.33. The lowest BCUT2D eigenvalue weighted by molar-refractivity contribution is 0.0606. The second-order valence-corrected chi connectivity index (χ2v) is 7.26. The zero-order valence-electron chi connectivity index (χ0n) is 10.2. The molecule has 2 fully saturated rings. The second-order valence-electron chi connectivity index (χ2n) is 5.05. The van der Waals surface area contributed by atoms with Gasteiger partial charge in [-0.15, -0.1) is 0 Å². The SMILES string of the molecule is CC1CN(S(=O)(=O)C2CCOCC2)CCC1O. The van der Waals surface area contributed by atoms with E-state index in [4.69, 9.17) is 4.74 Å². The number of hydrogen-bond donors (Lipinski definition) is 1. The Morgan fingerprint density at radius 2 is 1.88 bits per heavy atom. The maximum atomic E-state index is 12.4. The van der Waals surface area contributed by atoms with Crippen LogP contribution < -0.4 is 0 Å². The van der Waals surface area contributed by atoms with Crippen LogP contribution in [0.4, 0.5) is 0 Å². The van der Waals surface area contributed by atoms with E-state index < -0.39 is 10.0 Å². The van der Waals surface area contributed by atoms with Gasteiger partial charge in [0.15, 0.2) is 0 Å². The van der Waals surface area contributed by atoms with E-state index in [0.29, 0.717) is 45.6 Å². The molecule has 2 aliphatic heterocycles. The predicted octanol–water partition coefficient (Wildman–Crippen LogP) is 0.198. The van der Waals surface area contributed by atoms with E-state index in [9.17, 15) is 13.5 Å². The zero-order chi connectivity index (χ0) is 12.5. The van der Waals surface area contributed by atoms with Crippen LogP contribution in [0.25, 0.3) is 0 Å². The minimum atomic E-state index is -3.20. The molecule has 0 saturated carbocycles. The highest BCUT2D eigenvalue weighted by atomic mass is 32.2. The zero-order valence-corrected chi connectivity index (χ0v) is 11.0. The molecular weight excluding hydrogens is 242 g/mol. The van der Waals surface area contributed by atoms with Crippen LogP contribution in [0.15, 0.2) is 0 Å². The minimum absolute atomic E-state index is 0.0263. The van der Waals surface area contributed by atoms with Crippen LogP contribution in [-0.4, -0.2) is 55.5 Å². The predicted molar refractivity (Wildman–Crippen MR) is 64.1 cm³/mol. The van der Waals surface area contributed by atoms with Crippen molar-refractivity contribution in [3.63, 3.8) is 0 Å². The molecule has 5 nitrogen and oxygen atoms in total. The van der Waals surface area contributed by atoms with Gasteiger partial charge in [0.05, 0.1) is 11.4 Å². The highest BCUT2D eigenvalue weighted by molar-refractivity contribution is 7.89. The third-order valence-electron chi connectivity index (χ3n) is 3.77. The van der Waals surface area contributed by atoms with Gasteiger partial charge in [0, 0.05) is 26.3 Å². The van der Waals surface area contributed by atoms with Crippen molar-refractivity contribution in [2.75, 3.05) is 26.3 Å². The van der Waals surface area contributed by atoms with Crippen molar-refractivity contribution in [2.45, 2.75) is 37.5 Å². The monoisotopic (exact) mass is 263 g/mol. The van der Waals surface area contributed by atoms with Gasteiger partial charge < -0.3 is 9.84 Å². The van der Waals surface area contributed by atoms with Crippen LogP contribution in [0.2, 0.25) is 0 Å². The molecule has 17 heavy (non-hydrogen) atoms. The molecule has 0 aromatic rings. The number of nitrogens with zero attached hydrogens (tertiary/aromatic N) is 1. The van der Waals surface area contributed by atoms with Gasteiger partial charge in [-0.25, -0.2) is 12.7 Å². The van der Waals surface area contributed by atoms with Crippen molar-refractivity contribution in [3.05, 3.63) is 0 Å². The van der Waals surface area contributed by atoms with Crippen LogP contribution in [0.5, 0.6) is 0 Å². The van der Waals surface area contributed by atoms with Gasteiger partial charge in [-0.05, 0) is 25.2 Å². The van der Waals surface area contributed by atoms with Crippen LogP contribution in [0.1, 0.15) is 26.2 Å². The highest BCUT2D eigenvalue weighted by Crippen LogP contribution is 2.25. The summed E-state index contributed by atoms with van der Waals surface area (Å²) in [6.45, 7) is 3.87. The molecule has 0 aromatic carbocycles. The van der Waals surface area contributed by atoms with Gasteiger partial charge in [-0.2, -0.15) is 0 Å². The van der Waals surface area contributed by atoms with Crippen molar-refractivity contribution < 1.29 is 18.3 Å². The maximum absolute atomic E-state index is 12.4. The van der Waals surface area contributed by atoms with Crippen LogP contribution in [0.3, 0.4) is 0 Å². The lowest BCUT2D eigenvalue weighted by atomic mass is 9.99. The van der Waals surface area contributed by atoms with E-state index >= 15 is 0 Å². The molecule has 100 valence electrons. The Morgan fingerprint density at radius 3 is 2.47 bits per heavy atom. The minimum Gasteiger partial charge on any atom is -0.393 e. The van der Waals surface area contributed by atoms with E-state index in [1.165, 1.54) is 0 Å². The fourth-order valence-corrected chi connectivity index (χ4v) is 4.52. The topological polar surface area (TPSA) is 66.8 Å². The Balaban J connectivity index is 2.04. The second kappa shape index (κ2) is 5.22. The normalized spacial score (nSPS) is 33.8. The first-order valence-electron chi connectivity index (χ1n) is 6.26. The van der Waals surface area contributed by atoms with E-state index in [1.807, 2.05) is 6.92 Å². The molecule has 2 saturated heterocycles. The van der Waals surface area contributed by atoms with Crippen LogP contribution in [0, 0.1) is 5.92 Å². The molecule has 0 aliphatic carbocycles.